The number of nitriles is 1. The molecule has 0 spiro atoms. The van der Waals surface area contributed by atoms with Gasteiger partial charge in [-0.2, -0.15) is 5.26 Å². The highest BCUT2D eigenvalue weighted by molar-refractivity contribution is 7.91. The zero-order valence-corrected chi connectivity index (χ0v) is 13.4. The van der Waals surface area contributed by atoms with Crippen LogP contribution in [0.5, 0.6) is 0 Å². The van der Waals surface area contributed by atoms with E-state index >= 15 is 0 Å². The van der Waals surface area contributed by atoms with Crippen molar-refractivity contribution in [2.45, 2.75) is 0 Å². The summed E-state index contributed by atoms with van der Waals surface area (Å²) in [5, 5.41) is 9.85. The summed E-state index contributed by atoms with van der Waals surface area (Å²) >= 11 is 1.15. The molecule has 0 radical (unpaired) electrons. The molecule has 0 aliphatic carbocycles. The van der Waals surface area contributed by atoms with E-state index in [1.807, 2.05) is 11.0 Å². The highest BCUT2D eigenvalue weighted by Crippen LogP contribution is 2.38. The predicted molar refractivity (Wildman–Crippen MR) is 82.3 cm³/mol. The lowest BCUT2D eigenvalue weighted by Gasteiger charge is -2.27. The van der Waals surface area contributed by atoms with Crippen LogP contribution in [0.1, 0.15) is 15.2 Å². The van der Waals surface area contributed by atoms with Crippen LogP contribution < -0.4 is 10.6 Å². The van der Waals surface area contributed by atoms with Gasteiger partial charge in [-0.1, -0.05) is 0 Å². The van der Waals surface area contributed by atoms with E-state index < -0.39 is 9.84 Å². The molecule has 0 unspecified atom stereocenters. The van der Waals surface area contributed by atoms with Gasteiger partial charge in [0.1, 0.15) is 21.5 Å². The molecule has 1 aromatic rings. The molecule has 7 nitrogen and oxygen atoms in total. The number of nitrogens with two attached hydrogens (primary N) is 1. The Kier molecular flexibility index (Phi) is 4.11. The highest BCUT2D eigenvalue weighted by Gasteiger charge is 2.29. The second kappa shape index (κ2) is 5.54. The molecule has 0 bridgehead atoms. The number of hydrogen-bond donors (Lipinski definition) is 1. The molecule has 9 heteroatoms. The number of amides is 1. The van der Waals surface area contributed by atoms with E-state index in [9.17, 15) is 18.5 Å². The van der Waals surface area contributed by atoms with Crippen LogP contribution in [0.2, 0.25) is 0 Å². The van der Waals surface area contributed by atoms with Crippen molar-refractivity contribution in [1.29, 1.82) is 5.26 Å². The fourth-order valence-electron chi connectivity index (χ4n) is 2.04. The quantitative estimate of drug-likeness (QED) is 0.827. The second-order valence-electron chi connectivity index (χ2n) is 4.98. The molecule has 0 saturated carbocycles. The summed E-state index contributed by atoms with van der Waals surface area (Å²) in [7, 11) is 0.221. The molecule has 1 aliphatic heterocycles. The summed E-state index contributed by atoms with van der Waals surface area (Å²) in [6.07, 6.45) is 0. The van der Waals surface area contributed by atoms with Gasteiger partial charge < -0.3 is 15.5 Å². The van der Waals surface area contributed by atoms with Gasteiger partial charge in [0.25, 0.3) is 5.91 Å². The number of carbonyl (C=O) groups is 1. The smallest absolute Gasteiger partial charge is 0.265 e. The standard InChI is InChI=1S/C12H16N4O3S2/c1-15(2)11(17)10-9(14)8(7-13)12(20-10)16-3-5-21(18,19)6-4-16/h3-6,14H2,1-2H3. The highest BCUT2D eigenvalue weighted by atomic mass is 32.2. The van der Waals surface area contributed by atoms with Gasteiger partial charge in [0.2, 0.25) is 0 Å². The Morgan fingerprint density at radius 3 is 2.43 bits per heavy atom. The maximum atomic E-state index is 12.1. The fraction of sp³-hybridized carbons (Fsp3) is 0.500. The number of hydrogen-bond acceptors (Lipinski definition) is 7. The van der Waals surface area contributed by atoms with E-state index in [1.54, 1.807) is 14.1 Å². The topological polar surface area (TPSA) is 108 Å². The molecule has 1 amide bonds. The molecule has 21 heavy (non-hydrogen) atoms. The number of nitrogen functional groups attached to an aromatic ring is 1. The number of anilines is 2. The summed E-state index contributed by atoms with van der Waals surface area (Å²) in [5.74, 6) is -0.163. The Hall–Kier alpha value is -1.79. The third-order valence-electron chi connectivity index (χ3n) is 3.27. The van der Waals surface area contributed by atoms with E-state index in [2.05, 4.69) is 0 Å². The summed E-state index contributed by atoms with van der Waals surface area (Å²) in [4.78, 5) is 15.6. The molecule has 2 N–H and O–H groups in total. The van der Waals surface area contributed by atoms with Crippen LogP contribution in [-0.4, -0.2) is 57.9 Å². The minimum atomic E-state index is -3.00. The first-order valence-electron chi connectivity index (χ1n) is 6.26. The Morgan fingerprint density at radius 2 is 1.95 bits per heavy atom. The van der Waals surface area contributed by atoms with Gasteiger partial charge in [-0.3, -0.25) is 4.79 Å². The average molecular weight is 328 g/mol. The van der Waals surface area contributed by atoms with E-state index in [0.29, 0.717) is 23.0 Å². The third-order valence-corrected chi connectivity index (χ3v) is 6.13. The largest absolute Gasteiger partial charge is 0.396 e. The van der Waals surface area contributed by atoms with Crippen molar-refractivity contribution in [3.8, 4) is 6.07 Å². The lowest BCUT2D eigenvalue weighted by atomic mass is 10.2. The van der Waals surface area contributed by atoms with Gasteiger partial charge in [0, 0.05) is 27.2 Å². The molecular weight excluding hydrogens is 312 g/mol. The molecule has 0 atom stereocenters. The fourth-order valence-corrected chi connectivity index (χ4v) is 4.49. The maximum Gasteiger partial charge on any atom is 0.265 e. The molecular formula is C12H16N4O3S2. The van der Waals surface area contributed by atoms with Crippen LogP contribution in [0.25, 0.3) is 0 Å². The lowest BCUT2D eigenvalue weighted by molar-refractivity contribution is 0.0833. The van der Waals surface area contributed by atoms with Crippen molar-refractivity contribution in [2.24, 2.45) is 0 Å². The van der Waals surface area contributed by atoms with E-state index in [-0.39, 0.29) is 28.7 Å². The first-order chi connectivity index (χ1) is 9.76. The summed E-state index contributed by atoms with van der Waals surface area (Å²) in [6, 6.07) is 2.02. The van der Waals surface area contributed by atoms with Gasteiger partial charge in [-0.25, -0.2) is 8.42 Å². The minimum Gasteiger partial charge on any atom is -0.396 e. The Bertz CT molecular complexity index is 702. The van der Waals surface area contributed by atoms with Crippen molar-refractivity contribution >= 4 is 37.8 Å². The Labute approximate surface area is 127 Å². The van der Waals surface area contributed by atoms with Gasteiger partial charge >= 0.3 is 0 Å². The number of rotatable bonds is 2. The molecule has 1 aliphatic rings. The molecule has 2 rings (SSSR count). The van der Waals surface area contributed by atoms with Gasteiger partial charge in [-0.05, 0) is 0 Å². The van der Waals surface area contributed by atoms with Crippen LogP contribution in [0.3, 0.4) is 0 Å². The predicted octanol–water partition coefficient (Wildman–Crippen LogP) is 0.139. The zero-order valence-electron chi connectivity index (χ0n) is 11.8. The van der Waals surface area contributed by atoms with Gasteiger partial charge in [0.05, 0.1) is 17.2 Å². The summed E-state index contributed by atoms with van der Waals surface area (Å²) in [5.41, 5.74) is 6.33. The first-order valence-corrected chi connectivity index (χ1v) is 8.90. The van der Waals surface area contributed by atoms with E-state index in [4.69, 9.17) is 5.73 Å². The van der Waals surface area contributed by atoms with Crippen LogP contribution in [-0.2, 0) is 9.84 Å². The Morgan fingerprint density at radius 1 is 1.38 bits per heavy atom. The van der Waals surface area contributed by atoms with Crippen molar-refractivity contribution in [1.82, 2.24) is 4.90 Å². The van der Waals surface area contributed by atoms with Gasteiger partial charge in [0.15, 0.2) is 9.84 Å². The van der Waals surface area contributed by atoms with Crippen LogP contribution in [0.15, 0.2) is 0 Å². The molecule has 2 heterocycles. The normalized spacial score (nSPS) is 17.3. The lowest BCUT2D eigenvalue weighted by Crippen LogP contribution is -2.40. The van der Waals surface area contributed by atoms with E-state index in [1.165, 1.54) is 4.90 Å². The first kappa shape index (κ1) is 15.6. The summed E-state index contributed by atoms with van der Waals surface area (Å²) in [6.45, 7) is 0.624. The zero-order chi connectivity index (χ0) is 15.8. The van der Waals surface area contributed by atoms with Crippen molar-refractivity contribution in [3.05, 3.63) is 10.4 Å². The van der Waals surface area contributed by atoms with E-state index in [0.717, 1.165) is 11.3 Å². The van der Waals surface area contributed by atoms with Crippen molar-refractivity contribution in [2.75, 3.05) is 49.3 Å². The van der Waals surface area contributed by atoms with Crippen molar-refractivity contribution < 1.29 is 13.2 Å². The number of nitrogens with zero attached hydrogens (tertiary/aromatic N) is 3. The van der Waals surface area contributed by atoms with Crippen molar-refractivity contribution in [3.63, 3.8) is 0 Å². The van der Waals surface area contributed by atoms with Gasteiger partial charge in [-0.15, -0.1) is 11.3 Å². The molecule has 1 aromatic heterocycles. The van der Waals surface area contributed by atoms with Crippen LogP contribution in [0, 0.1) is 11.3 Å². The summed E-state index contributed by atoms with van der Waals surface area (Å²) < 4.78 is 23.0. The molecule has 1 fully saturated rings. The Balaban J connectivity index is 2.39. The maximum absolute atomic E-state index is 12.1. The third kappa shape index (κ3) is 2.96. The second-order valence-corrected chi connectivity index (χ2v) is 8.28. The molecule has 114 valence electrons. The molecule has 1 saturated heterocycles. The molecule has 0 aromatic carbocycles. The number of sulfone groups is 1. The SMILES string of the molecule is CN(C)C(=O)c1sc(N2CCS(=O)(=O)CC2)c(C#N)c1N. The van der Waals surface area contributed by atoms with Crippen LogP contribution in [0.4, 0.5) is 10.7 Å². The average Bonchev–Trinajstić information content (AvgIpc) is 2.74. The van der Waals surface area contributed by atoms with Crippen LogP contribution >= 0.6 is 11.3 Å². The number of carbonyl (C=O) groups excluding carboxylic acids is 1. The number of thiophene rings is 1. The monoisotopic (exact) mass is 328 g/mol. The minimum absolute atomic E-state index is 0.0482.